The highest BCUT2D eigenvalue weighted by molar-refractivity contribution is 5.94. The summed E-state index contributed by atoms with van der Waals surface area (Å²) in [5.41, 5.74) is 12.5. The normalized spacial score (nSPS) is 25.3. The first-order chi connectivity index (χ1) is 8.32. The molecule has 1 aromatic rings. The summed E-state index contributed by atoms with van der Waals surface area (Å²) in [6.45, 7) is 4.01. The zero-order valence-electron chi connectivity index (χ0n) is 10.6. The van der Waals surface area contributed by atoms with Gasteiger partial charge in [0.25, 0.3) is 0 Å². The molecule has 5 heteroatoms. The second kappa shape index (κ2) is 4.17. The third-order valence-electron chi connectivity index (χ3n) is 3.88. The Labute approximate surface area is 106 Å². The summed E-state index contributed by atoms with van der Waals surface area (Å²) in [7, 11) is 0. The summed E-state index contributed by atoms with van der Waals surface area (Å²) in [5, 5.41) is 13.0. The Hall–Kier alpha value is -1.75. The molecule has 6 N–H and O–H groups in total. The maximum Gasteiger partial charge on any atom is 0.248 e. The Balaban J connectivity index is 2.14. The standard InChI is InChI=1S/C13H19N3O2/c1-13(2)10(6-11(13)17)16-9-4-3-7(12(15)18)5-8(9)14/h3-5,10-11,16-17H,6,14H2,1-2H3,(H2,15,18). The van der Waals surface area contributed by atoms with Crippen LogP contribution < -0.4 is 16.8 Å². The average Bonchev–Trinajstić information content (AvgIpc) is 2.30. The van der Waals surface area contributed by atoms with Gasteiger partial charge in [-0.25, -0.2) is 0 Å². The van der Waals surface area contributed by atoms with Gasteiger partial charge in [-0.1, -0.05) is 13.8 Å². The lowest BCUT2D eigenvalue weighted by Gasteiger charge is -2.50. The molecule has 2 rings (SSSR count). The van der Waals surface area contributed by atoms with Crippen molar-refractivity contribution < 1.29 is 9.90 Å². The van der Waals surface area contributed by atoms with E-state index in [2.05, 4.69) is 5.32 Å². The predicted molar refractivity (Wildman–Crippen MR) is 71.2 cm³/mol. The van der Waals surface area contributed by atoms with Crippen molar-refractivity contribution in [1.82, 2.24) is 0 Å². The van der Waals surface area contributed by atoms with E-state index in [-0.39, 0.29) is 17.6 Å². The summed E-state index contributed by atoms with van der Waals surface area (Å²) in [4.78, 5) is 11.0. The van der Waals surface area contributed by atoms with Crippen molar-refractivity contribution in [2.24, 2.45) is 11.1 Å². The summed E-state index contributed by atoms with van der Waals surface area (Å²) < 4.78 is 0. The van der Waals surface area contributed by atoms with E-state index in [0.717, 1.165) is 5.69 Å². The van der Waals surface area contributed by atoms with Crippen LogP contribution >= 0.6 is 0 Å². The van der Waals surface area contributed by atoms with Crippen LogP contribution in [-0.4, -0.2) is 23.2 Å². The van der Waals surface area contributed by atoms with Gasteiger partial charge < -0.3 is 21.9 Å². The van der Waals surface area contributed by atoms with Crippen molar-refractivity contribution in [2.45, 2.75) is 32.4 Å². The fraction of sp³-hybridized carbons (Fsp3) is 0.462. The smallest absolute Gasteiger partial charge is 0.248 e. The molecule has 0 aromatic heterocycles. The van der Waals surface area contributed by atoms with Crippen LogP contribution in [0.5, 0.6) is 0 Å². The number of nitrogen functional groups attached to an aromatic ring is 1. The molecule has 1 amide bonds. The van der Waals surface area contributed by atoms with Gasteiger partial charge in [-0.05, 0) is 24.6 Å². The molecule has 2 unspecified atom stereocenters. The van der Waals surface area contributed by atoms with Gasteiger partial charge in [0.2, 0.25) is 5.91 Å². The first-order valence-electron chi connectivity index (χ1n) is 5.96. The van der Waals surface area contributed by atoms with Crippen molar-refractivity contribution in [2.75, 3.05) is 11.1 Å². The van der Waals surface area contributed by atoms with Crippen molar-refractivity contribution in [3.8, 4) is 0 Å². The highest BCUT2D eigenvalue weighted by atomic mass is 16.3. The number of rotatable bonds is 3. The third kappa shape index (κ3) is 2.01. The van der Waals surface area contributed by atoms with Crippen molar-refractivity contribution in [1.29, 1.82) is 0 Å². The van der Waals surface area contributed by atoms with Crippen LogP contribution in [0.3, 0.4) is 0 Å². The van der Waals surface area contributed by atoms with Gasteiger partial charge in [-0.15, -0.1) is 0 Å². The van der Waals surface area contributed by atoms with E-state index in [1.54, 1.807) is 18.2 Å². The number of aliphatic hydroxyl groups excluding tert-OH is 1. The van der Waals surface area contributed by atoms with Crippen LogP contribution in [-0.2, 0) is 0 Å². The number of aliphatic hydroxyl groups is 1. The molecule has 0 heterocycles. The molecular formula is C13H19N3O2. The Bertz CT molecular complexity index is 485. The van der Waals surface area contributed by atoms with Crippen molar-refractivity contribution in [3.63, 3.8) is 0 Å². The van der Waals surface area contributed by atoms with E-state index in [9.17, 15) is 9.90 Å². The zero-order chi connectivity index (χ0) is 13.5. The Morgan fingerprint density at radius 3 is 2.61 bits per heavy atom. The lowest BCUT2D eigenvalue weighted by molar-refractivity contribution is -0.0510. The molecule has 18 heavy (non-hydrogen) atoms. The number of amides is 1. The fourth-order valence-electron chi connectivity index (χ4n) is 2.18. The number of hydrogen-bond donors (Lipinski definition) is 4. The SMILES string of the molecule is CC1(C)C(O)CC1Nc1ccc(C(N)=O)cc1N. The molecule has 0 saturated heterocycles. The molecule has 1 aliphatic rings. The van der Waals surface area contributed by atoms with Crippen LogP contribution in [0.15, 0.2) is 18.2 Å². The van der Waals surface area contributed by atoms with E-state index in [0.29, 0.717) is 17.7 Å². The maximum atomic E-state index is 11.0. The number of hydrogen-bond acceptors (Lipinski definition) is 4. The molecule has 1 fully saturated rings. The molecule has 0 bridgehead atoms. The Morgan fingerprint density at radius 2 is 2.17 bits per heavy atom. The van der Waals surface area contributed by atoms with Gasteiger partial charge >= 0.3 is 0 Å². The molecule has 1 saturated carbocycles. The highest BCUT2D eigenvalue weighted by Crippen LogP contribution is 2.42. The average molecular weight is 249 g/mol. The van der Waals surface area contributed by atoms with Crippen LogP contribution in [0.25, 0.3) is 0 Å². The third-order valence-corrected chi connectivity index (χ3v) is 3.88. The maximum absolute atomic E-state index is 11.0. The molecule has 98 valence electrons. The summed E-state index contributed by atoms with van der Waals surface area (Å²) >= 11 is 0. The van der Waals surface area contributed by atoms with E-state index in [1.807, 2.05) is 13.8 Å². The molecule has 5 nitrogen and oxygen atoms in total. The minimum absolute atomic E-state index is 0.172. The van der Waals surface area contributed by atoms with Gasteiger partial charge in [0.05, 0.1) is 17.5 Å². The largest absolute Gasteiger partial charge is 0.397 e. The number of nitrogens with one attached hydrogen (secondary N) is 1. The number of nitrogens with two attached hydrogens (primary N) is 2. The fourth-order valence-corrected chi connectivity index (χ4v) is 2.18. The van der Waals surface area contributed by atoms with E-state index in [4.69, 9.17) is 11.5 Å². The molecule has 0 radical (unpaired) electrons. The lowest BCUT2D eigenvalue weighted by Crippen LogP contribution is -2.56. The van der Waals surface area contributed by atoms with Crippen molar-refractivity contribution in [3.05, 3.63) is 23.8 Å². The van der Waals surface area contributed by atoms with E-state index >= 15 is 0 Å². The zero-order valence-corrected chi connectivity index (χ0v) is 10.6. The number of carbonyl (C=O) groups is 1. The molecule has 1 aliphatic carbocycles. The molecular weight excluding hydrogens is 230 g/mol. The van der Waals surface area contributed by atoms with Crippen LogP contribution in [0.4, 0.5) is 11.4 Å². The van der Waals surface area contributed by atoms with Gasteiger partial charge in [-0.2, -0.15) is 0 Å². The van der Waals surface area contributed by atoms with Crippen LogP contribution in [0.2, 0.25) is 0 Å². The number of primary amides is 1. The Kier molecular flexibility index (Phi) is 2.94. The quantitative estimate of drug-likeness (QED) is 0.599. The van der Waals surface area contributed by atoms with Crippen LogP contribution in [0, 0.1) is 5.41 Å². The van der Waals surface area contributed by atoms with Gasteiger partial charge in [0.15, 0.2) is 0 Å². The second-order valence-electron chi connectivity index (χ2n) is 5.44. The highest BCUT2D eigenvalue weighted by Gasteiger charge is 2.47. The van der Waals surface area contributed by atoms with Gasteiger partial charge in [-0.3, -0.25) is 4.79 Å². The number of benzene rings is 1. The molecule has 1 aromatic carbocycles. The summed E-state index contributed by atoms with van der Waals surface area (Å²) in [6, 6.07) is 5.13. The summed E-state index contributed by atoms with van der Waals surface area (Å²) in [5.74, 6) is -0.493. The second-order valence-corrected chi connectivity index (χ2v) is 5.44. The lowest BCUT2D eigenvalue weighted by atomic mass is 9.64. The first kappa shape index (κ1) is 12.7. The Morgan fingerprint density at radius 1 is 1.50 bits per heavy atom. The monoisotopic (exact) mass is 249 g/mol. The van der Waals surface area contributed by atoms with Crippen LogP contribution in [0.1, 0.15) is 30.6 Å². The van der Waals surface area contributed by atoms with Gasteiger partial charge in [0, 0.05) is 17.0 Å². The predicted octanol–water partition coefficient (Wildman–Crippen LogP) is 0.939. The number of anilines is 2. The van der Waals surface area contributed by atoms with E-state index < -0.39 is 5.91 Å². The molecule has 2 atom stereocenters. The molecule has 0 aliphatic heterocycles. The van der Waals surface area contributed by atoms with E-state index in [1.165, 1.54) is 0 Å². The molecule has 0 spiro atoms. The summed E-state index contributed by atoms with van der Waals surface area (Å²) in [6.07, 6.45) is 0.408. The minimum Gasteiger partial charge on any atom is -0.397 e. The number of carbonyl (C=O) groups excluding carboxylic acids is 1. The topological polar surface area (TPSA) is 101 Å². The minimum atomic E-state index is -0.493. The van der Waals surface area contributed by atoms with Gasteiger partial charge in [0.1, 0.15) is 0 Å². The van der Waals surface area contributed by atoms with Crippen molar-refractivity contribution >= 4 is 17.3 Å². The first-order valence-corrected chi connectivity index (χ1v) is 5.96.